The number of imidazole rings is 1. The van der Waals surface area contributed by atoms with E-state index >= 15 is 0 Å². The molecule has 0 saturated carbocycles. The fourth-order valence-corrected chi connectivity index (χ4v) is 4.33. The molecule has 1 fully saturated rings. The zero-order chi connectivity index (χ0) is 18.1. The molecule has 2 aromatic heterocycles. The Morgan fingerprint density at radius 3 is 2.69 bits per heavy atom. The van der Waals surface area contributed by atoms with E-state index in [0.29, 0.717) is 0 Å². The van der Waals surface area contributed by atoms with Crippen molar-refractivity contribution in [1.82, 2.24) is 19.2 Å². The van der Waals surface area contributed by atoms with E-state index < -0.39 is 0 Å². The summed E-state index contributed by atoms with van der Waals surface area (Å²) in [5, 5.41) is 4.07. The number of benzene rings is 1. The molecule has 5 nitrogen and oxygen atoms in total. The topological polar surface area (TPSA) is 39.1 Å². The first-order valence-corrected chi connectivity index (χ1v) is 9.95. The smallest absolute Gasteiger partial charge is 0.181 e. The van der Waals surface area contributed by atoms with Crippen molar-refractivity contribution in [2.24, 2.45) is 0 Å². The Bertz CT molecular complexity index is 954. The molecule has 138 valence electrons. The van der Waals surface area contributed by atoms with Gasteiger partial charge in [0.05, 0.1) is 29.4 Å². The van der Waals surface area contributed by atoms with Crippen LogP contribution in [0.2, 0.25) is 0 Å². The van der Waals surface area contributed by atoms with Crippen LogP contribution in [-0.4, -0.2) is 25.7 Å². The normalized spacial score (nSPS) is 18.2. The average Bonchev–Trinajstić information content (AvgIpc) is 3.34. The van der Waals surface area contributed by atoms with Crippen LogP contribution in [0.25, 0.3) is 11.0 Å². The highest BCUT2D eigenvalue weighted by Crippen LogP contribution is 2.33. The van der Waals surface area contributed by atoms with Crippen LogP contribution in [0.4, 0.5) is 0 Å². The van der Waals surface area contributed by atoms with Crippen LogP contribution >= 0.6 is 12.2 Å². The van der Waals surface area contributed by atoms with Crippen LogP contribution in [0, 0.1) is 11.7 Å². The fourth-order valence-electron chi connectivity index (χ4n) is 3.98. The zero-order valence-corrected chi connectivity index (χ0v) is 16.3. The van der Waals surface area contributed by atoms with Crippen molar-refractivity contribution in [2.75, 3.05) is 6.54 Å². The molecule has 1 saturated heterocycles. The van der Waals surface area contributed by atoms with E-state index in [2.05, 4.69) is 56.4 Å². The van der Waals surface area contributed by atoms with Gasteiger partial charge in [-0.3, -0.25) is 4.90 Å². The van der Waals surface area contributed by atoms with E-state index in [0.717, 1.165) is 48.8 Å². The number of para-hydroxylation sites is 2. The van der Waals surface area contributed by atoms with Gasteiger partial charge in [-0.05, 0) is 50.5 Å². The summed E-state index contributed by atoms with van der Waals surface area (Å²) in [6.07, 6.45) is 4.59. The molecule has 0 bridgehead atoms. The summed E-state index contributed by atoms with van der Waals surface area (Å²) in [7, 11) is 0. The van der Waals surface area contributed by atoms with Crippen molar-refractivity contribution in [3.63, 3.8) is 0 Å². The molecule has 0 amide bonds. The molecule has 1 aromatic carbocycles. The first-order valence-electron chi connectivity index (χ1n) is 9.54. The maximum atomic E-state index is 5.86. The maximum Gasteiger partial charge on any atom is 0.181 e. The highest BCUT2D eigenvalue weighted by molar-refractivity contribution is 7.71. The molecule has 3 heterocycles. The Morgan fingerprint density at radius 1 is 1.23 bits per heavy atom. The molecule has 26 heavy (non-hydrogen) atoms. The second-order valence-electron chi connectivity index (χ2n) is 7.19. The highest BCUT2D eigenvalue weighted by Gasteiger charge is 2.29. The van der Waals surface area contributed by atoms with Gasteiger partial charge in [0.25, 0.3) is 0 Å². The zero-order valence-electron chi connectivity index (χ0n) is 15.5. The summed E-state index contributed by atoms with van der Waals surface area (Å²) < 4.78 is 11.0. The van der Waals surface area contributed by atoms with Crippen molar-refractivity contribution in [2.45, 2.75) is 58.8 Å². The van der Waals surface area contributed by atoms with Crippen LogP contribution in [0.1, 0.15) is 50.1 Å². The third-order valence-electron chi connectivity index (χ3n) is 5.32. The van der Waals surface area contributed by atoms with Crippen LogP contribution in [0.15, 0.2) is 34.9 Å². The number of aryl methyl sites for hydroxylation is 2. The SMILES string of the molecule is CCCCn1c(=S)n(CN2CCCC2c2cc(C)no2)c2ccccc21. The van der Waals surface area contributed by atoms with Gasteiger partial charge in [-0.2, -0.15) is 0 Å². The Balaban J connectivity index is 1.68. The molecular formula is C20H26N4OS. The lowest BCUT2D eigenvalue weighted by Crippen LogP contribution is -2.26. The molecule has 0 aliphatic carbocycles. The van der Waals surface area contributed by atoms with Gasteiger partial charge in [0.2, 0.25) is 0 Å². The minimum Gasteiger partial charge on any atom is -0.359 e. The van der Waals surface area contributed by atoms with Crippen LogP contribution in [0.5, 0.6) is 0 Å². The fraction of sp³-hybridized carbons (Fsp3) is 0.500. The van der Waals surface area contributed by atoms with E-state index in [4.69, 9.17) is 16.7 Å². The van der Waals surface area contributed by atoms with Gasteiger partial charge in [-0.25, -0.2) is 0 Å². The minimum absolute atomic E-state index is 0.288. The summed E-state index contributed by atoms with van der Waals surface area (Å²) >= 11 is 5.86. The molecule has 4 rings (SSSR count). The van der Waals surface area contributed by atoms with Gasteiger partial charge in [-0.15, -0.1) is 0 Å². The van der Waals surface area contributed by atoms with Crippen molar-refractivity contribution < 1.29 is 4.52 Å². The molecule has 0 radical (unpaired) electrons. The molecule has 1 aliphatic heterocycles. The summed E-state index contributed by atoms with van der Waals surface area (Å²) in [6.45, 7) is 7.03. The average molecular weight is 371 g/mol. The van der Waals surface area contributed by atoms with Crippen LogP contribution < -0.4 is 0 Å². The minimum atomic E-state index is 0.288. The quantitative estimate of drug-likeness (QED) is 0.568. The van der Waals surface area contributed by atoms with Gasteiger partial charge in [0.1, 0.15) is 0 Å². The number of unbranched alkanes of at least 4 members (excludes halogenated alkanes) is 1. The summed E-state index contributed by atoms with van der Waals surface area (Å²) in [6, 6.07) is 10.9. The van der Waals surface area contributed by atoms with E-state index in [1.807, 2.05) is 6.92 Å². The molecule has 1 aliphatic rings. The highest BCUT2D eigenvalue weighted by atomic mass is 32.1. The van der Waals surface area contributed by atoms with Crippen molar-refractivity contribution in [3.05, 3.63) is 46.6 Å². The lowest BCUT2D eigenvalue weighted by Gasteiger charge is -2.23. The van der Waals surface area contributed by atoms with Gasteiger partial charge < -0.3 is 13.7 Å². The number of likely N-dealkylation sites (tertiary alicyclic amines) is 1. The predicted molar refractivity (Wildman–Crippen MR) is 106 cm³/mol. The molecule has 6 heteroatoms. The second-order valence-corrected chi connectivity index (χ2v) is 7.55. The summed E-state index contributed by atoms with van der Waals surface area (Å²) in [5.74, 6) is 0.973. The molecule has 1 unspecified atom stereocenters. The maximum absolute atomic E-state index is 5.86. The number of aromatic nitrogens is 3. The molecule has 0 spiro atoms. The number of hydrogen-bond acceptors (Lipinski definition) is 4. The van der Waals surface area contributed by atoms with Crippen molar-refractivity contribution >= 4 is 23.3 Å². The van der Waals surface area contributed by atoms with Crippen molar-refractivity contribution in [3.8, 4) is 0 Å². The van der Waals surface area contributed by atoms with E-state index in [9.17, 15) is 0 Å². The van der Waals surface area contributed by atoms with Gasteiger partial charge in [-0.1, -0.05) is 30.6 Å². The first-order chi connectivity index (χ1) is 12.7. The number of nitrogens with zero attached hydrogens (tertiary/aromatic N) is 4. The molecule has 1 atom stereocenters. The van der Waals surface area contributed by atoms with E-state index in [-0.39, 0.29) is 6.04 Å². The van der Waals surface area contributed by atoms with Crippen LogP contribution in [-0.2, 0) is 13.2 Å². The van der Waals surface area contributed by atoms with Gasteiger partial charge >= 0.3 is 0 Å². The Kier molecular flexibility index (Phi) is 4.96. The summed E-state index contributed by atoms with van der Waals surface area (Å²) in [4.78, 5) is 2.46. The predicted octanol–water partition coefficient (Wildman–Crippen LogP) is 5.06. The van der Waals surface area contributed by atoms with Gasteiger partial charge in [0, 0.05) is 19.2 Å². The molecular weight excluding hydrogens is 344 g/mol. The first kappa shape index (κ1) is 17.5. The van der Waals surface area contributed by atoms with E-state index in [1.54, 1.807) is 0 Å². The third kappa shape index (κ3) is 3.12. The number of hydrogen-bond donors (Lipinski definition) is 0. The van der Waals surface area contributed by atoms with Crippen LogP contribution in [0.3, 0.4) is 0 Å². The number of fused-ring (bicyclic) bond motifs is 1. The number of rotatable bonds is 6. The van der Waals surface area contributed by atoms with Crippen molar-refractivity contribution in [1.29, 1.82) is 0 Å². The standard InChI is InChI=1S/C20H26N4OS/c1-3-4-12-23-16-8-5-6-9-17(16)24(20(23)26)14-22-11-7-10-18(22)19-13-15(2)21-25-19/h5-6,8-9,13,18H,3-4,7,10-12,14H2,1-2H3. The second kappa shape index (κ2) is 7.37. The third-order valence-corrected chi connectivity index (χ3v) is 5.76. The van der Waals surface area contributed by atoms with E-state index in [1.165, 1.54) is 23.9 Å². The lowest BCUT2D eigenvalue weighted by molar-refractivity contribution is 0.173. The Hall–Kier alpha value is -1.92. The Labute approximate surface area is 159 Å². The molecule has 3 aromatic rings. The monoisotopic (exact) mass is 370 g/mol. The Morgan fingerprint density at radius 2 is 2.00 bits per heavy atom. The lowest BCUT2D eigenvalue weighted by atomic mass is 10.1. The molecule has 0 N–H and O–H groups in total. The summed E-state index contributed by atoms with van der Waals surface area (Å²) in [5.41, 5.74) is 3.39. The van der Waals surface area contributed by atoms with Gasteiger partial charge in [0.15, 0.2) is 10.5 Å². The largest absolute Gasteiger partial charge is 0.359 e.